The minimum Gasteiger partial charge on any atom is -0.460 e. The molecule has 4 nitrogen and oxygen atoms in total. The van der Waals surface area contributed by atoms with Crippen molar-refractivity contribution in [2.45, 2.75) is 6.92 Å². The minimum absolute atomic E-state index is 0.0119. The second kappa shape index (κ2) is 5.54. The Bertz CT molecular complexity index is 462. The van der Waals surface area contributed by atoms with Gasteiger partial charge in [0.25, 0.3) is 0 Å². The molecule has 0 aliphatic heterocycles. The number of halogens is 2. The first-order valence-electron chi connectivity index (χ1n) is 4.74. The summed E-state index contributed by atoms with van der Waals surface area (Å²) < 4.78 is 22.7. The fourth-order valence-corrected chi connectivity index (χ4v) is 1.20. The Kier molecular flexibility index (Phi) is 4.34. The third kappa shape index (κ3) is 3.35. The molecule has 0 aliphatic rings. The van der Waals surface area contributed by atoms with Crippen molar-refractivity contribution >= 4 is 23.3 Å². The molecule has 92 valence electrons. The zero-order valence-electron chi connectivity index (χ0n) is 9.13. The fourth-order valence-electron chi connectivity index (χ4n) is 1.01. The number of rotatable bonds is 4. The van der Waals surface area contributed by atoms with Crippen LogP contribution in [-0.2, 0) is 9.53 Å². The van der Waals surface area contributed by atoms with E-state index in [1.807, 2.05) is 0 Å². The highest BCUT2D eigenvalue weighted by Gasteiger charge is 2.14. The van der Waals surface area contributed by atoms with Gasteiger partial charge >= 0.3 is 5.97 Å². The second-order valence-corrected chi connectivity index (χ2v) is 3.46. The molecule has 0 atom stereocenters. The second-order valence-electron chi connectivity index (χ2n) is 3.05. The third-order valence-corrected chi connectivity index (χ3v) is 2.08. The van der Waals surface area contributed by atoms with Crippen LogP contribution in [0.25, 0.3) is 0 Å². The number of carbonyl (C=O) groups is 1. The van der Waals surface area contributed by atoms with Crippen LogP contribution in [0, 0.1) is 5.82 Å². The van der Waals surface area contributed by atoms with E-state index in [1.54, 1.807) is 6.92 Å². The van der Waals surface area contributed by atoms with Gasteiger partial charge in [0, 0.05) is 6.07 Å². The quantitative estimate of drug-likeness (QED) is 0.391. The van der Waals surface area contributed by atoms with Crippen LogP contribution in [0.1, 0.15) is 6.92 Å². The maximum absolute atomic E-state index is 13.0. The summed E-state index contributed by atoms with van der Waals surface area (Å²) >= 11 is 5.71. The van der Waals surface area contributed by atoms with Crippen LogP contribution in [0.2, 0.25) is 5.02 Å². The lowest BCUT2D eigenvalue weighted by Gasteiger charge is -2.10. The molecule has 1 rings (SSSR count). The van der Waals surface area contributed by atoms with E-state index >= 15 is 0 Å². The van der Waals surface area contributed by atoms with Gasteiger partial charge < -0.3 is 15.2 Å². The molecule has 1 aromatic carbocycles. The van der Waals surface area contributed by atoms with Crippen LogP contribution in [0.15, 0.2) is 24.5 Å². The van der Waals surface area contributed by atoms with Crippen molar-refractivity contribution in [3.8, 4) is 5.75 Å². The van der Waals surface area contributed by atoms with Crippen LogP contribution in [-0.4, -0.2) is 12.6 Å². The maximum atomic E-state index is 13.0. The molecule has 1 aromatic rings. The molecule has 0 amide bonds. The Labute approximate surface area is 103 Å². The molecule has 0 saturated carbocycles. The Morgan fingerprint density at radius 1 is 1.59 bits per heavy atom. The molecule has 0 unspecified atom stereocenters. The highest BCUT2D eigenvalue weighted by molar-refractivity contribution is 6.32. The van der Waals surface area contributed by atoms with Crippen molar-refractivity contribution in [1.29, 1.82) is 0 Å². The van der Waals surface area contributed by atoms with Crippen LogP contribution in [0.4, 0.5) is 10.1 Å². The Hall–Kier alpha value is -1.75. The van der Waals surface area contributed by atoms with Crippen LogP contribution >= 0.6 is 11.6 Å². The number of nitrogens with two attached hydrogens (primary N) is 1. The average molecular weight is 260 g/mol. The summed E-state index contributed by atoms with van der Waals surface area (Å²) in [5.41, 5.74) is 5.20. The largest absolute Gasteiger partial charge is 0.460 e. The summed E-state index contributed by atoms with van der Waals surface area (Å²) in [5.74, 6) is -1.58. The highest BCUT2D eigenvalue weighted by atomic mass is 35.5. The van der Waals surface area contributed by atoms with Crippen LogP contribution in [0.3, 0.4) is 0 Å². The third-order valence-electron chi connectivity index (χ3n) is 1.79. The van der Waals surface area contributed by atoms with E-state index in [-0.39, 0.29) is 28.8 Å². The zero-order valence-corrected chi connectivity index (χ0v) is 9.88. The summed E-state index contributed by atoms with van der Waals surface area (Å²) in [6.07, 6.45) is 0. The van der Waals surface area contributed by atoms with Crippen molar-refractivity contribution in [3.05, 3.63) is 35.3 Å². The summed E-state index contributed by atoms with van der Waals surface area (Å²) in [7, 11) is 0. The van der Waals surface area contributed by atoms with Gasteiger partial charge in [0.15, 0.2) is 0 Å². The first kappa shape index (κ1) is 13.3. The molecule has 0 bridgehead atoms. The van der Waals surface area contributed by atoms with Gasteiger partial charge in [-0.15, -0.1) is 0 Å². The van der Waals surface area contributed by atoms with E-state index in [0.717, 1.165) is 6.07 Å². The number of nitrogen functional groups attached to an aromatic ring is 1. The first-order chi connectivity index (χ1) is 7.95. The molecular formula is C11H11ClFNO3. The maximum Gasteiger partial charge on any atom is 0.373 e. The number of hydrogen-bond acceptors (Lipinski definition) is 4. The van der Waals surface area contributed by atoms with E-state index in [4.69, 9.17) is 22.1 Å². The number of ether oxygens (including phenoxy) is 2. The van der Waals surface area contributed by atoms with Crippen molar-refractivity contribution < 1.29 is 18.7 Å². The van der Waals surface area contributed by atoms with Crippen molar-refractivity contribution in [1.82, 2.24) is 0 Å². The lowest BCUT2D eigenvalue weighted by Crippen LogP contribution is -2.11. The lowest BCUT2D eigenvalue weighted by molar-refractivity contribution is -0.140. The smallest absolute Gasteiger partial charge is 0.373 e. The molecule has 0 heterocycles. The monoisotopic (exact) mass is 259 g/mol. The van der Waals surface area contributed by atoms with Gasteiger partial charge in [-0.2, -0.15) is 0 Å². The normalized spacial score (nSPS) is 9.82. The van der Waals surface area contributed by atoms with E-state index in [1.165, 1.54) is 6.07 Å². The predicted molar refractivity (Wildman–Crippen MR) is 62.2 cm³/mol. The van der Waals surface area contributed by atoms with E-state index in [2.05, 4.69) is 11.3 Å². The number of carbonyl (C=O) groups excluding carboxylic acids is 1. The average Bonchev–Trinajstić information content (AvgIpc) is 2.26. The summed E-state index contributed by atoms with van der Waals surface area (Å²) in [5, 5.41) is -0.0119. The first-order valence-corrected chi connectivity index (χ1v) is 5.12. The Morgan fingerprint density at radius 3 is 2.82 bits per heavy atom. The molecule has 0 aromatic heterocycles. The predicted octanol–water partition coefficient (Wildman–Crippen LogP) is 2.52. The Morgan fingerprint density at radius 2 is 2.24 bits per heavy atom. The lowest BCUT2D eigenvalue weighted by atomic mass is 10.3. The van der Waals surface area contributed by atoms with E-state index in [9.17, 15) is 9.18 Å². The molecule has 17 heavy (non-hydrogen) atoms. The van der Waals surface area contributed by atoms with Gasteiger partial charge in [-0.25, -0.2) is 9.18 Å². The van der Waals surface area contributed by atoms with E-state index in [0.29, 0.717) is 0 Å². The van der Waals surface area contributed by atoms with Crippen molar-refractivity contribution in [3.63, 3.8) is 0 Å². The molecule has 0 spiro atoms. The standard InChI is InChI=1S/C11H11ClFNO3/c1-3-16-11(15)6(2)17-10-5-9(14)8(13)4-7(10)12/h4-5H,2-3,14H2,1H3. The molecular weight excluding hydrogens is 249 g/mol. The molecule has 0 radical (unpaired) electrons. The van der Waals surface area contributed by atoms with Gasteiger partial charge in [0.1, 0.15) is 11.6 Å². The van der Waals surface area contributed by atoms with Gasteiger partial charge in [0.2, 0.25) is 5.76 Å². The molecule has 0 fully saturated rings. The van der Waals surface area contributed by atoms with Crippen molar-refractivity contribution in [2.75, 3.05) is 12.3 Å². The number of anilines is 1. The molecule has 2 N–H and O–H groups in total. The topological polar surface area (TPSA) is 61.5 Å². The molecule has 0 saturated heterocycles. The number of esters is 1. The van der Waals surface area contributed by atoms with Crippen molar-refractivity contribution in [2.24, 2.45) is 0 Å². The number of hydrogen-bond donors (Lipinski definition) is 1. The fraction of sp³-hybridized carbons (Fsp3) is 0.182. The van der Waals surface area contributed by atoms with Crippen LogP contribution in [0.5, 0.6) is 5.75 Å². The summed E-state index contributed by atoms with van der Waals surface area (Å²) in [6.45, 7) is 5.21. The minimum atomic E-state index is -0.716. The molecule has 6 heteroatoms. The highest BCUT2D eigenvalue weighted by Crippen LogP contribution is 2.30. The van der Waals surface area contributed by atoms with E-state index < -0.39 is 11.8 Å². The molecule has 0 aliphatic carbocycles. The zero-order chi connectivity index (χ0) is 13.0. The van der Waals surface area contributed by atoms with Gasteiger partial charge in [-0.1, -0.05) is 11.6 Å². The van der Waals surface area contributed by atoms with Gasteiger partial charge in [0.05, 0.1) is 17.3 Å². The van der Waals surface area contributed by atoms with Crippen LogP contribution < -0.4 is 10.5 Å². The Balaban J connectivity index is 2.85. The van der Waals surface area contributed by atoms with Gasteiger partial charge in [-0.3, -0.25) is 0 Å². The summed E-state index contributed by atoms with van der Waals surface area (Å²) in [4.78, 5) is 11.2. The summed E-state index contributed by atoms with van der Waals surface area (Å²) in [6, 6.07) is 2.16. The SMILES string of the molecule is C=C(Oc1cc(N)c(F)cc1Cl)C(=O)OCC. The van der Waals surface area contributed by atoms with Gasteiger partial charge in [-0.05, 0) is 19.6 Å². The number of benzene rings is 1.